The van der Waals surface area contributed by atoms with Gasteiger partial charge in [0.25, 0.3) is 5.78 Å². The van der Waals surface area contributed by atoms with Crippen LogP contribution < -0.4 is 5.32 Å². The number of piperidine rings is 1. The van der Waals surface area contributed by atoms with Gasteiger partial charge in [-0.2, -0.15) is 14.6 Å². The SMILES string of the molecule is Cc1ccc(CN2CCC(CNc3cc(C)nc4ncnn34)CC2)cc1. The van der Waals surface area contributed by atoms with Crippen molar-refractivity contribution >= 4 is 11.6 Å². The van der Waals surface area contributed by atoms with Crippen LogP contribution in [-0.2, 0) is 6.54 Å². The predicted octanol–water partition coefficient (Wildman–Crippen LogP) is 3.07. The topological polar surface area (TPSA) is 58.3 Å². The quantitative estimate of drug-likeness (QED) is 0.766. The van der Waals surface area contributed by atoms with Gasteiger partial charge in [-0.15, -0.1) is 0 Å². The molecular formula is C20H26N6. The minimum atomic E-state index is 0.653. The van der Waals surface area contributed by atoms with Crippen molar-refractivity contribution in [2.75, 3.05) is 25.0 Å². The lowest BCUT2D eigenvalue weighted by Gasteiger charge is -2.32. The van der Waals surface area contributed by atoms with E-state index in [0.29, 0.717) is 11.7 Å². The van der Waals surface area contributed by atoms with Gasteiger partial charge in [-0.3, -0.25) is 4.90 Å². The number of hydrogen-bond acceptors (Lipinski definition) is 5. The van der Waals surface area contributed by atoms with Crippen LogP contribution in [0.2, 0.25) is 0 Å². The molecular weight excluding hydrogens is 324 g/mol. The smallest absolute Gasteiger partial charge is 0.254 e. The first-order valence-corrected chi connectivity index (χ1v) is 9.36. The number of fused-ring (bicyclic) bond motifs is 1. The van der Waals surface area contributed by atoms with Gasteiger partial charge in [-0.05, 0) is 51.3 Å². The van der Waals surface area contributed by atoms with E-state index in [-0.39, 0.29) is 0 Å². The summed E-state index contributed by atoms with van der Waals surface area (Å²) in [5.41, 5.74) is 3.69. The molecule has 3 aromatic rings. The molecule has 1 saturated heterocycles. The summed E-state index contributed by atoms with van der Waals surface area (Å²) in [5, 5.41) is 7.82. The number of rotatable bonds is 5. The Morgan fingerprint density at radius 3 is 2.65 bits per heavy atom. The minimum absolute atomic E-state index is 0.653. The van der Waals surface area contributed by atoms with Crippen molar-refractivity contribution in [1.82, 2.24) is 24.5 Å². The highest BCUT2D eigenvalue weighted by molar-refractivity contribution is 5.44. The van der Waals surface area contributed by atoms with E-state index in [0.717, 1.165) is 37.7 Å². The van der Waals surface area contributed by atoms with Crippen LogP contribution in [0.15, 0.2) is 36.7 Å². The molecule has 0 radical (unpaired) electrons. The van der Waals surface area contributed by atoms with E-state index in [2.05, 4.69) is 56.5 Å². The number of aryl methyl sites for hydroxylation is 2. The van der Waals surface area contributed by atoms with Gasteiger partial charge in [0, 0.05) is 24.8 Å². The molecule has 6 nitrogen and oxygen atoms in total. The Hall–Kier alpha value is -2.47. The Balaban J connectivity index is 1.30. The fourth-order valence-electron chi connectivity index (χ4n) is 3.61. The van der Waals surface area contributed by atoms with Crippen molar-refractivity contribution in [2.24, 2.45) is 5.92 Å². The first-order valence-electron chi connectivity index (χ1n) is 9.36. The zero-order valence-electron chi connectivity index (χ0n) is 15.5. The molecule has 1 aromatic carbocycles. The van der Waals surface area contributed by atoms with E-state index in [9.17, 15) is 0 Å². The fraction of sp³-hybridized carbons (Fsp3) is 0.450. The van der Waals surface area contributed by atoms with Crippen molar-refractivity contribution in [3.05, 3.63) is 53.5 Å². The largest absolute Gasteiger partial charge is 0.370 e. The summed E-state index contributed by atoms with van der Waals surface area (Å²) in [7, 11) is 0. The lowest BCUT2D eigenvalue weighted by Crippen LogP contribution is -2.35. The van der Waals surface area contributed by atoms with E-state index in [1.807, 2.05) is 13.0 Å². The van der Waals surface area contributed by atoms with Crippen molar-refractivity contribution in [2.45, 2.75) is 33.2 Å². The van der Waals surface area contributed by atoms with E-state index in [1.165, 1.54) is 24.0 Å². The predicted molar refractivity (Wildman–Crippen MR) is 103 cm³/mol. The first kappa shape index (κ1) is 17.0. The monoisotopic (exact) mass is 350 g/mol. The second kappa shape index (κ2) is 7.41. The highest BCUT2D eigenvalue weighted by atomic mass is 15.3. The molecule has 2 aromatic heterocycles. The molecule has 0 aliphatic carbocycles. The summed E-state index contributed by atoms with van der Waals surface area (Å²) in [4.78, 5) is 11.1. The number of hydrogen-bond donors (Lipinski definition) is 1. The molecule has 0 unspecified atom stereocenters. The molecule has 0 amide bonds. The van der Waals surface area contributed by atoms with Crippen LogP contribution in [-0.4, -0.2) is 44.1 Å². The van der Waals surface area contributed by atoms with E-state index >= 15 is 0 Å². The highest BCUT2D eigenvalue weighted by Crippen LogP contribution is 2.20. The Labute approximate surface area is 154 Å². The molecule has 6 heteroatoms. The lowest BCUT2D eigenvalue weighted by molar-refractivity contribution is 0.182. The number of likely N-dealkylation sites (tertiary alicyclic amines) is 1. The van der Waals surface area contributed by atoms with Gasteiger partial charge in [0.15, 0.2) is 0 Å². The average Bonchev–Trinajstić information content (AvgIpc) is 3.11. The van der Waals surface area contributed by atoms with E-state index in [4.69, 9.17) is 0 Å². The van der Waals surface area contributed by atoms with Crippen LogP contribution in [0.3, 0.4) is 0 Å². The Bertz CT molecular complexity index is 862. The zero-order chi connectivity index (χ0) is 17.9. The molecule has 4 rings (SSSR count). The molecule has 1 fully saturated rings. The van der Waals surface area contributed by atoms with Gasteiger partial charge >= 0.3 is 0 Å². The molecule has 1 N–H and O–H groups in total. The van der Waals surface area contributed by atoms with Crippen molar-refractivity contribution < 1.29 is 0 Å². The zero-order valence-corrected chi connectivity index (χ0v) is 15.5. The molecule has 1 aliphatic heterocycles. The van der Waals surface area contributed by atoms with Gasteiger partial charge in [0.1, 0.15) is 12.1 Å². The van der Waals surface area contributed by atoms with Gasteiger partial charge < -0.3 is 5.32 Å². The molecule has 136 valence electrons. The van der Waals surface area contributed by atoms with Crippen LogP contribution in [0.25, 0.3) is 5.78 Å². The Morgan fingerprint density at radius 2 is 1.88 bits per heavy atom. The summed E-state index contributed by atoms with van der Waals surface area (Å²) in [6, 6.07) is 10.9. The first-order chi connectivity index (χ1) is 12.7. The molecule has 3 heterocycles. The Kier molecular flexibility index (Phi) is 4.84. The lowest BCUT2D eigenvalue weighted by atomic mass is 9.96. The second-order valence-corrected chi connectivity index (χ2v) is 7.34. The van der Waals surface area contributed by atoms with Gasteiger partial charge in [0.2, 0.25) is 0 Å². The van der Waals surface area contributed by atoms with Gasteiger partial charge in [-0.25, -0.2) is 4.98 Å². The Morgan fingerprint density at radius 1 is 1.12 bits per heavy atom. The third kappa shape index (κ3) is 3.85. The normalized spacial score (nSPS) is 16.2. The molecule has 0 saturated carbocycles. The summed E-state index contributed by atoms with van der Waals surface area (Å²) in [6.45, 7) is 8.48. The number of anilines is 1. The van der Waals surface area contributed by atoms with Crippen molar-refractivity contribution in [1.29, 1.82) is 0 Å². The molecule has 0 atom stereocenters. The number of aromatic nitrogens is 4. The third-order valence-electron chi connectivity index (χ3n) is 5.19. The summed E-state index contributed by atoms with van der Waals surface area (Å²) in [6.07, 6.45) is 4.00. The number of nitrogens with one attached hydrogen (secondary N) is 1. The van der Waals surface area contributed by atoms with Crippen LogP contribution in [0, 0.1) is 19.8 Å². The highest BCUT2D eigenvalue weighted by Gasteiger charge is 2.19. The molecule has 0 spiro atoms. The van der Waals surface area contributed by atoms with E-state index < -0.39 is 0 Å². The number of nitrogens with zero attached hydrogens (tertiary/aromatic N) is 5. The van der Waals surface area contributed by atoms with Crippen LogP contribution in [0.1, 0.15) is 29.7 Å². The van der Waals surface area contributed by atoms with Crippen molar-refractivity contribution in [3.8, 4) is 0 Å². The second-order valence-electron chi connectivity index (χ2n) is 7.34. The summed E-state index contributed by atoms with van der Waals surface area (Å²) in [5.74, 6) is 2.32. The van der Waals surface area contributed by atoms with Gasteiger partial charge in [-0.1, -0.05) is 29.8 Å². The minimum Gasteiger partial charge on any atom is -0.370 e. The third-order valence-corrected chi connectivity index (χ3v) is 5.19. The average molecular weight is 350 g/mol. The maximum absolute atomic E-state index is 4.39. The van der Waals surface area contributed by atoms with Crippen molar-refractivity contribution in [3.63, 3.8) is 0 Å². The standard InChI is InChI=1S/C20H26N6/c1-15-3-5-18(6-4-15)13-25-9-7-17(8-10-25)12-21-19-11-16(2)24-20-22-14-23-26(19)20/h3-6,11,14,17,21H,7-10,12-13H2,1-2H3. The molecule has 26 heavy (non-hydrogen) atoms. The molecule has 1 aliphatic rings. The van der Waals surface area contributed by atoms with Crippen LogP contribution >= 0.6 is 0 Å². The van der Waals surface area contributed by atoms with E-state index in [1.54, 1.807) is 10.8 Å². The van der Waals surface area contributed by atoms with Gasteiger partial charge in [0.05, 0.1) is 0 Å². The maximum Gasteiger partial charge on any atom is 0.254 e. The van der Waals surface area contributed by atoms with Crippen LogP contribution in [0.4, 0.5) is 5.82 Å². The summed E-state index contributed by atoms with van der Waals surface area (Å²) < 4.78 is 1.78. The number of benzene rings is 1. The summed E-state index contributed by atoms with van der Waals surface area (Å²) >= 11 is 0. The maximum atomic E-state index is 4.39. The fourth-order valence-corrected chi connectivity index (χ4v) is 3.61. The van der Waals surface area contributed by atoms with Crippen LogP contribution in [0.5, 0.6) is 0 Å². The molecule has 0 bridgehead atoms.